The van der Waals surface area contributed by atoms with Crippen molar-refractivity contribution in [3.8, 4) is 11.5 Å². The summed E-state index contributed by atoms with van der Waals surface area (Å²) in [5, 5.41) is 2.85. The van der Waals surface area contributed by atoms with Crippen molar-refractivity contribution in [2.75, 3.05) is 30.6 Å². The second kappa shape index (κ2) is 13.5. The Bertz CT molecular complexity index is 1450. The average Bonchev–Trinajstić information content (AvgIpc) is 2.99. The van der Waals surface area contributed by atoms with Crippen molar-refractivity contribution < 1.29 is 31.9 Å². The van der Waals surface area contributed by atoms with Crippen LogP contribution in [-0.2, 0) is 26.2 Å². The molecule has 0 unspecified atom stereocenters. The van der Waals surface area contributed by atoms with E-state index in [-0.39, 0.29) is 35.4 Å². The Hall–Kier alpha value is -4.12. The number of halogens is 1. The first-order valence-electron chi connectivity index (χ1n) is 13.5. The van der Waals surface area contributed by atoms with Gasteiger partial charge in [0, 0.05) is 19.2 Å². The molecule has 0 saturated carbocycles. The summed E-state index contributed by atoms with van der Waals surface area (Å²) in [4.78, 5) is 28.4. The maximum absolute atomic E-state index is 14.0. The Morgan fingerprint density at radius 1 is 0.951 bits per heavy atom. The van der Waals surface area contributed by atoms with Gasteiger partial charge >= 0.3 is 0 Å². The number of carbonyl (C=O) groups is 2. The molecule has 3 aromatic rings. The molecule has 1 aliphatic heterocycles. The molecular formula is C30H34FN3O6S. The van der Waals surface area contributed by atoms with Crippen molar-refractivity contribution in [2.24, 2.45) is 0 Å². The molecule has 0 aliphatic carbocycles. The predicted octanol–water partition coefficient (Wildman–Crippen LogP) is 4.13. The standard InChI is InChI=1S/C30H34FN3O6S/c1-3-16-32-30(36)26(4-2)33(20-22-8-6-5-7-9-22)29(35)21-34(24-12-10-23(31)11-13-24)41(37,38)25-14-15-27-28(19-25)40-18-17-39-27/h5-15,19,26H,3-4,16-18,20-21H2,1-2H3,(H,32,36)/t26-/m0/s1. The zero-order chi connectivity index (χ0) is 29.4. The van der Waals surface area contributed by atoms with Crippen LogP contribution in [0.5, 0.6) is 11.5 Å². The molecule has 9 nitrogen and oxygen atoms in total. The molecule has 3 aromatic carbocycles. The summed E-state index contributed by atoms with van der Waals surface area (Å²) in [5.74, 6) is -0.773. The van der Waals surface area contributed by atoms with Gasteiger partial charge in [0.25, 0.3) is 10.0 Å². The van der Waals surface area contributed by atoms with Crippen LogP contribution in [0, 0.1) is 5.82 Å². The van der Waals surface area contributed by atoms with Gasteiger partial charge in [0.1, 0.15) is 31.6 Å². The summed E-state index contributed by atoms with van der Waals surface area (Å²) in [7, 11) is -4.34. The minimum absolute atomic E-state index is 0.0952. The number of nitrogens with zero attached hydrogens (tertiary/aromatic N) is 2. The number of fused-ring (bicyclic) bond motifs is 1. The number of sulfonamides is 1. The fourth-order valence-corrected chi connectivity index (χ4v) is 5.94. The number of anilines is 1. The smallest absolute Gasteiger partial charge is 0.264 e. The molecule has 11 heteroatoms. The van der Waals surface area contributed by atoms with Gasteiger partial charge in [0.15, 0.2) is 11.5 Å². The Kier molecular flexibility index (Phi) is 9.82. The molecule has 4 rings (SSSR count). The lowest BCUT2D eigenvalue weighted by Gasteiger charge is -2.33. The monoisotopic (exact) mass is 583 g/mol. The average molecular weight is 584 g/mol. The predicted molar refractivity (Wildman–Crippen MR) is 153 cm³/mol. The number of rotatable bonds is 12. The van der Waals surface area contributed by atoms with Gasteiger partial charge in [-0.1, -0.05) is 44.2 Å². The number of benzene rings is 3. The van der Waals surface area contributed by atoms with E-state index >= 15 is 0 Å². The second-order valence-electron chi connectivity index (χ2n) is 9.52. The van der Waals surface area contributed by atoms with Crippen LogP contribution in [0.3, 0.4) is 0 Å². The first-order valence-corrected chi connectivity index (χ1v) is 15.0. The third-order valence-electron chi connectivity index (χ3n) is 6.63. The van der Waals surface area contributed by atoms with E-state index in [1.165, 1.54) is 35.2 Å². The molecule has 41 heavy (non-hydrogen) atoms. The van der Waals surface area contributed by atoms with Gasteiger partial charge in [-0.3, -0.25) is 13.9 Å². The van der Waals surface area contributed by atoms with Crippen molar-refractivity contribution in [3.05, 3.63) is 84.2 Å². The Balaban J connectivity index is 1.72. The van der Waals surface area contributed by atoms with Crippen molar-refractivity contribution in [1.29, 1.82) is 0 Å². The highest BCUT2D eigenvalue weighted by Gasteiger charge is 2.34. The van der Waals surface area contributed by atoms with Gasteiger partial charge in [0.2, 0.25) is 11.8 Å². The van der Waals surface area contributed by atoms with Crippen molar-refractivity contribution >= 4 is 27.5 Å². The van der Waals surface area contributed by atoms with Crippen LogP contribution in [0.4, 0.5) is 10.1 Å². The SMILES string of the molecule is CCCNC(=O)[C@H](CC)N(Cc1ccccc1)C(=O)CN(c1ccc(F)cc1)S(=O)(=O)c1ccc2c(c1)OCCO2. The van der Waals surface area contributed by atoms with Crippen LogP contribution < -0.4 is 19.1 Å². The Morgan fingerprint density at radius 2 is 1.63 bits per heavy atom. The quantitative estimate of drug-likeness (QED) is 0.344. The van der Waals surface area contributed by atoms with Crippen LogP contribution in [-0.4, -0.2) is 57.5 Å². The number of hydrogen-bond acceptors (Lipinski definition) is 6. The number of hydrogen-bond donors (Lipinski definition) is 1. The highest BCUT2D eigenvalue weighted by Crippen LogP contribution is 2.34. The maximum Gasteiger partial charge on any atom is 0.264 e. The minimum atomic E-state index is -4.34. The molecule has 0 saturated heterocycles. The first kappa shape index (κ1) is 29.9. The Morgan fingerprint density at radius 3 is 2.29 bits per heavy atom. The van der Waals surface area contributed by atoms with E-state index in [0.717, 1.165) is 28.4 Å². The lowest BCUT2D eigenvalue weighted by molar-refractivity contribution is -0.140. The van der Waals surface area contributed by atoms with Crippen LogP contribution in [0.25, 0.3) is 0 Å². The fraction of sp³-hybridized carbons (Fsp3) is 0.333. The van der Waals surface area contributed by atoms with Crippen molar-refractivity contribution in [3.63, 3.8) is 0 Å². The molecule has 0 radical (unpaired) electrons. The second-order valence-corrected chi connectivity index (χ2v) is 11.4. The van der Waals surface area contributed by atoms with E-state index in [4.69, 9.17) is 9.47 Å². The maximum atomic E-state index is 14.0. The van der Waals surface area contributed by atoms with E-state index in [9.17, 15) is 22.4 Å². The summed E-state index contributed by atoms with van der Waals surface area (Å²) in [6.45, 7) is 4.26. The van der Waals surface area contributed by atoms with Gasteiger partial charge in [-0.15, -0.1) is 0 Å². The van der Waals surface area contributed by atoms with E-state index in [1.54, 1.807) is 6.92 Å². The van der Waals surface area contributed by atoms with Gasteiger partial charge in [-0.2, -0.15) is 0 Å². The number of amides is 2. The van der Waals surface area contributed by atoms with Crippen molar-refractivity contribution in [1.82, 2.24) is 10.2 Å². The summed E-state index contributed by atoms with van der Waals surface area (Å²) in [5.41, 5.74) is 0.878. The topological polar surface area (TPSA) is 105 Å². The lowest BCUT2D eigenvalue weighted by atomic mass is 10.1. The lowest BCUT2D eigenvalue weighted by Crippen LogP contribution is -2.52. The highest BCUT2D eigenvalue weighted by atomic mass is 32.2. The molecule has 0 fully saturated rings. The van der Waals surface area contributed by atoms with Gasteiger partial charge < -0.3 is 19.7 Å². The molecule has 1 atom stereocenters. The zero-order valence-electron chi connectivity index (χ0n) is 23.1. The minimum Gasteiger partial charge on any atom is -0.486 e. The van der Waals surface area contributed by atoms with Crippen molar-refractivity contribution in [2.45, 2.75) is 44.2 Å². The van der Waals surface area contributed by atoms with Crippen LogP contribution in [0.2, 0.25) is 0 Å². The number of nitrogens with one attached hydrogen (secondary N) is 1. The van der Waals surface area contributed by atoms with E-state index in [0.29, 0.717) is 25.3 Å². The van der Waals surface area contributed by atoms with Crippen LogP contribution >= 0.6 is 0 Å². The summed E-state index contributed by atoms with van der Waals surface area (Å²) in [6.07, 6.45) is 1.04. The third-order valence-corrected chi connectivity index (χ3v) is 8.40. The summed E-state index contributed by atoms with van der Waals surface area (Å²) < 4.78 is 53.9. The Labute approximate surface area is 239 Å². The normalized spacial score (nSPS) is 13.2. The zero-order valence-corrected chi connectivity index (χ0v) is 23.9. The largest absolute Gasteiger partial charge is 0.486 e. The molecule has 0 bridgehead atoms. The van der Waals surface area contributed by atoms with E-state index in [2.05, 4.69) is 5.32 Å². The first-order chi connectivity index (χ1) is 19.7. The molecule has 0 aromatic heterocycles. The highest BCUT2D eigenvalue weighted by molar-refractivity contribution is 7.92. The number of carbonyl (C=O) groups excluding carboxylic acids is 2. The molecule has 1 aliphatic rings. The van der Waals surface area contributed by atoms with Gasteiger partial charge in [-0.25, -0.2) is 12.8 Å². The van der Waals surface area contributed by atoms with E-state index < -0.39 is 34.3 Å². The van der Waals surface area contributed by atoms with Gasteiger partial charge in [0.05, 0.1) is 10.6 Å². The molecule has 1 N–H and O–H groups in total. The van der Waals surface area contributed by atoms with Crippen LogP contribution in [0.15, 0.2) is 77.7 Å². The fourth-order valence-electron chi connectivity index (χ4n) is 4.51. The van der Waals surface area contributed by atoms with Gasteiger partial charge in [-0.05, 0) is 54.8 Å². The molecular weight excluding hydrogens is 549 g/mol. The van der Waals surface area contributed by atoms with E-state index in [1.807, 2.05) is 37.3 Å². The van der Waals surface area contributed by atoms with Crippen LogP contribution in [0.1, 0.15) is 32.3 Å². The molecule has 2 amide bonds. The molecule has 1 heterocycles. The summed E-state index contributed by atoms with van der Waals surface area (Å²) >= 11 is 0. The molecule has 0 spiro atoms. The third kappa shape index (κ3) is 7.15. The number of ether oxygens (including phenoxy) is 2. The molecule has 218 valence electrons. The summed E-state index contributed by atoms with van der Waals surface area (Å²) in [6, 6.07) is 17.4.